The predicted molar refractivity (Wildman–Crippen MR) is 52.4 cm³/mol. The molecule has 0 aromatic carbocycles. The number of esters is 1. The summed E-state index contributed by atoms with van der Waals surface area (Å²) in [6.07, 6.45) is -5.52. The first-order valence-electron chi connectivity index (χ1n) is 5.17. The summed E-state index contributed by atoms with van der Waals surface area (Å²) in [6.45, 7) is 0.916. The smallest absolute Gasteiger partial charge is 0.391 e. The molecule has 7 heteroatoms. The second kappa shape index (κ2) is 8.05. The quantitative estimate of drug-likeness (QED) is 0.491. The number of ether oxygens (including phenoxy) is 2. The molecular weight excluding hydrogens is 241 g/mol. The summed E-state index contributed by atoms with van der Waals surface area (Å²) in [4.78, 5) is 21.9. The van der Waals surface area contributed by atoms with Gasteiger partial charge < -0.3 is 9.47 Å². The van der Waals surface area contributed by atoms with Crippen LogP contribution in [0.25, 0.3) is 0 Å². The van der Waals surface area contributed by atoms with Crippen LogP contribution in [0, 0.1) is 0 Å². The Labute approximate surface area is 97.1 Å². The van der Waals surface area contributed by atoms with Crippen LogP contribution in [-0.2, 0) is 19.1 Å². The van der Waals surface area contributed by atoms with Gasteiger partial charge in [-0.05, 0) is 6.92 Å². The van der Waals surface area contributed by atoms with E-state index in [9.17, 15) is 22.8 Å². The van der Waals surface area contributed by atoms with Crippen molar-refractivity contribution in [1.82, 2.24) is 0 Å². The van der Waals surface area contributed by atoms with Crippen LogP contribution in [0.3, 0.4) is 0 Å². The molecule has 0 aliphatic heterocycles. The molecule has 4 nitrogen and oxygen atoms in total. The molecule has 0 saturated heterocycles. The lowest BCUT2D eigenvalue weighted by atomic mass is 10.2. The van der Waals surface area contributed by atoms with Crippen LogP contribution >= 0.6 is 0 Å². The van der Waals surface area contributed by atoms with Crippen molar-refractivity contribution >= 4 is 11.8 Å². The average molecular weight is 256 g/mol. The number of hydrogen-bond acceptors (Lipinski definition) is 4. The number of carbonyl (C=O) groups is 2. The first kappa shape index (κ1) is 15.9. The van der Waals surface area contributed by atoms with Crippen molar-refractivity contribution in [2.24, 2.45) is 0 Å². The first-order chi connectivity index (χ1) is 7.85. The molecule has 0 saturated carbocycles. The number of Topliss-reactive ketones (excluding diaryl/α,β-unsaturated/α-hetero) is 1. The third-order valence-corrected chi connectivity index (χ3v) is 1.71. The molecule has 0 bridgehead atoms. The Hall–Kier alpha value is -1.11. The lowest BCUT2D eigenvalue weighted by molar-refractivity contribution is -0.148. The largest absolute Gasteiger partial charge is 0.466 e. The van der Waals surface area contributed by atoms with Gasteiger partial charge in [-0.1, -0.05) is 0 Å². The molecule has 0 amide bonds. The van der Waals surface area contributed by atoms with Gasteiger partial charge in [0, 0.05) is 6.42 Å². The Morgan fingerprint density at radius 1 is 1.18 bits per heavy atom. The van der Waals surface area contributed by atoms with Crippen molar-refractivity contribution in [3.63, 3.8) is 0 Å². The topological polar surface area (TPSA) is 52.6 Å². The van der Waals surface area contributed by atoms with E-state index in [1.165, 1.54) is 0 Å². The Balaban J connectivity index is 3.50. The van der Waals surface area contributed by atoms with Crippen LogP contribution in [0.1, 0.15) is 26.2 Å². The molecule has 0 aliphatic rings. The summed E-state index contributed by atoms with van der Waals surface area (Å²) in [5, 5.41) is 0. The van der Waals surface area contributed by atoms with Crippen molar-refractivity contribution in [1.29, 1.82) is 0 Å². The Morgan fingerprint density at radius 2 is 1.82 bits per heavy atom. The lowest BCUT2D eigenvalue weighted by Gasteiger charge is -2.06. The predicted octanol–water partition coefficient (Wildman–Crippen LogP) is 1.87. The van der Waals surface area contributed by atoms with Crippen molar-refractivity contribution in [2.75, 3.05) is 19.8 Å². The van der Waals surface area contributed by atoms with E-state index in [-0.39, 0.29) is 19.4 Å². The molecular formula is C10H15F3O4. The van der Waals surface area contributed by atoms with Gasteiger partial charge in [0.15, 0.2) is 5.78 Å². The van der Waals surface area contributed by atoms with Crippen molar-refractivity contribution in [2.45, 2.75) is 32.4 Å². The molecule has 0 radical (unpaired) electrons. The van der Waals surface area contributed by atoms with Gasteiger partial charge in [-0.2, -0.15) is 13.2 Å². The zero-order chi connectivity index (χ0) is 13.3. The number of hydrogen-bond donors (Lipinski definition) is 0. The summed E-state index contributed by atoms with van der Waals surface area (Å²) < 4.78 is 44.2. The third-order valence-electron chi connectivity index (χ3n) is 1.71. The van der Waals surface area contributed by atoms with E-state index in [1.807, 2.05) is 0 Å². The van der Waals surface area contributed by atoms with Gasteiger partial charge in [-0.15, -0.1) is 0 Å². The van der Waals surface area contributed by atoms with Crippen molar-refractivity contribution < 1.29 is 32.2 Å². The summed E-state index contributed by atoms with van der Waals surface area (Å²) in [5.41, 5.74) is 0. The van der Waals surface area contributed by atoms with Crippen LogP contribution in [0.5, 0.6) is 0 Å². The van der Waals surface area contributed by atoms with Crippen LogP contribution in [0.2, 0.25) is 0 Å². The first-order valence-corrected chi connectivity index (χ1v) is 5.17. The monoisotopic (exact) mass is 256 g/mol. The molecule has 0 rings (SSSR count). The summed E-state index contributed by atoms with van der Waals surface area (Å²) >= 11 is 0. The number of carbonyl (C=O) groups excluding carboxylic acids is 2. The highest BCUT2D eigenvalue weighted by Gasteiger charge is 2.26. The SMILES string of the molecule is CCOC(=O)CCC(=O)COCCC(F)(F)F. The van der Waals surface area contributed by atoms with Crippen molar-refractivity contribution in [3.05, 3.63) is 0 Å². The number of halogens is 3. The molecule has 17 heavy (non-hydrogen) atoms. The van der Waals surface area contributed by atoms with E-state index in [1.54, 1.807) is 6.92 Å². The van der Waals surface area contributed by atoms with Crippen LogP contribution < -0.4 is 0 Å². The number of alkyl halides is 3. The minimum atomic E-state index is -4.28. The highest BCUT2D eigenvalue weighted by molar-refractivity contribution is 5.83. The number of rotatable bonds is 8. The minimum absolute atomic E-state index is 0.0741. The third kappa shape index (κ3) is 11.2. The molecule has 0 spiro atoms. The molecule has 0 unspecified atom stereocenters. The van der Waals surface area contributed by atoms with Crippen LogP contribution in [0.4, 0.5) is 13.2 Å². The molecule has 0 aliphatic carbocycles. The molecule has 0 heterocycles. The van der Waals surface area contributed by atoms with Gasteiger partial charge in [0.25, 0.3) is 0 Å². The summed E-state index contributed by atoms with van der Waals surface area (Å²) in [5.74, 6) is -0.920. The second-order valence-electron chi connectivity index (χ2n) is 3.26. The molecule has 0 aromatic heterocycles. The molecule has 0 fully saturated rings. The van der Waals surface area contributed by atoms with E-state index in [0.717, 1.165) is 0 Å². The second-order valence-corrected chi connectivity index (χ2v) is 3.26. The zero-order valence-corrected chi connectivity index (χ0v) is 9.51. The minimum Gasteiger partial charge on any atom is -0.466 e. The van der Waals surface area contributed by atoms with Crippen LogP contribution in [-0.4, -0.2) is 37.7 Å². The highest BCUT2D eigenvalue weighted by atomic mass is 19.4. The van der Waals surface area contributed by atoms with E-state index >= 15 is 0 Å². The fourth-order valence-electron chi connectivity index (χ4n) is 0.921. The van der Waals surface area contributed by atoms with Crippen LogP contribution in [0.15, 0.2) is 0 Å². The molecule has 100 valence electrons. The Morgan fingerprint density at radius 3 is 2.35 bits per heavy atom. The van der Waals surface area contributed by atoms with Gasteiger partial charge in [0.05, 0.1) is 26.1 Å². The Bertz CT molecular complexity index is 250. The maximum Gasteiger partial charge on any atom is 0.391 e. The normalized spacial score (nSPS) is 11.3. The summed E-state index contributed by atoms with van der Waals surface area (Å²) in [6, 6.07) is 0. The maximum absolute atomic E-state index is 11.7. The zero-order valence-electron chi connectivity index (χ0n) is 9.51. The fraction of sp³-hybridized carbons (Fsp3) is 0.800. The van der Waals surface area contributed by atoms with Gasteiger partial charge >= 0.3 is 12.1 Å². The standard InChI is InChI=1S/C10H15F3O4/c1-2-17-9(15)4-3-8(14)7-16-6-5-10(11,12)13/h2-7H2,1H3. The summed E-state index contributed by atoms with van der Waals surface area (Å²) in [7, 11) is 0. The Kier molecular flexibility index (Phi) is 7.53. The molecule has 0 N–H and O–H groups in total. The van der Waals surface area contributed by atoms with E-state index in [4.69, 9.17) is 0 Å². The molecule has 0 atom stereocenters. The van der Waals surface area contributed by atoms with Gasteiger partial charge in [-0.25, -0.2) is 0 Å². The highest BCUT2D eigenvalue weighted by Crippen LogP contribution is 2.18. The molecule has 0 aromatic rings. The van der Waals surface area contributed by atoms with E-state index in [0.29, 0.717) is 0 Å². The van der Waals surface area contributed by atoms with Crippen molar-refractivity contribution in [3.8, 4) is 0 Å². The lowest BCUT2D eigenvalue weighted by Crippen LogP contribution is -2.16. The van der Waals surface area contributed by atoms with E-state index in [2.05, 4.69) is 9.47 Å². The average Bonchev–Trinajstić information content (AvgIpc) is 2.21. The number of ketones is 1. The van der Waals surface area contributed by atoms with Gasteiger partial charge in [-0.3, -0.25) is 9.59 Å². The van der Waals surface area contributed by atoms with E-state index < -0.39 is 37.6 Å². The van der Waals surface area contributed by atoms with Gasteiger partial charge in [0.2, 0.25) is 0 Å². The maximum atomic E-state index is 11.7. The fourth-order valence-corrected chi connectivity index (χ4v) is 0.921. The van der Waals surface area contributed by atoms with Gasteiger partial charge in [0.1, 0.15) is 6.61 Å².